The maximum absolute atomic E-state index is 12.6. The Bertz CT molecular complexity index is 448. The van der Waals surface area contributed by atoms with Crippen LogP contribution in [-0.4, -0.2) is 11.1 Å². The van der Waals surface area contributed by atoms with Crippen molar-refractivity contribution in [2.75, 3.05) is 5.73 Å². The van der Waals surface area contributed by atoms with Crippen molar-refractivity contribution >= 4 is 5.82 Å². The van der Waals surface area contributed by atoms with Crippen LogP contribution in [0.3, 0.4) is 0 Å². The average Bonchev–Trinajstić information content (AvgIpc) is 2.26. The van der Waals surface area contributed by atoms with Crippen LogP contribution in [-0.2, 0) is 6.18 Å². The maximum Gasteiger partial charge on any atom is 0.416 e. The van der Waals surface area contributed by atoms with E-state index >= 15 is 0 Å². The molecule has 0 radical (unpaired) electrons. The number of aromatic nitrogens is 1. The van der Waals surface area contributed by atoms with Gasteiger partial charge in [0.2, 0.25) is 5.88 Å². The molecule has 0 amide bonds. The number of hydrogen-bond acceptors (Lipinski definition) is 3. The minimum absolute atomic E-state index is 0.0357. The Morgan fingerprint density at radius 2 is 2.05 bits per heavy atom. The molecule has 1 fully saturated rings. The number of ether oxygens (including phenoxy) is 1. The normalized spacial score (nSPS) is 24.2. The summed E-state index contributed by atoms with van der Waals surface area (Å²) >= 11 is 0. The van der Waals surface area contributed by atoms with Gasteiger partial charge in [0.15, 0.2) is 0 Å². The summed E-state index contributed by atoms with van der Waals surface area (Å²) < 4.78 is 43.5. The van der Waals surface area contributed by atoms with Crippen molar-refractivity contribution in [2.45, 2.75) is 44.9 Å². The second-order valence-corrected chi connectivity index (χ2v) is 5.13. The van der Waals surface area contributed by atoms with Gasteiger partial charge < -0.3 is 10.5 Å². The Morgan fingerprint density at radius 3 is 2.68 bits per heavy atom. The number of halogens is 3. The molecule has 1 aromatic heterocycles. The van der Waals surface area contributed by atoms with E-state index in [-0.39, 0.29) is 17.8 Å². The zero-order chi connectivity index (χ0) is 14.0. The second-order valence-electron chi connectivity index (χ2n) is 5.13. The zero-order valence-electron chi connectivity index (χ0n) is 10.7. The van der Waals surface area contributed by atoms with Crippen molar-refractivity contribution in [1.29, 1.82) is 0 Å². The van der Waals surface area contributed by atoms with E-state index in [9.17, 15) is 13.2 Å². The summed E-state index contributed by atoms with van der Waals surface area (Å²) in [5, 5.41) is 0. The van der Waals surface area contributed by atoms with E-state index in [1.54, 1.807) is 0 Å². The van der Waals surface area contributed by atoms with Gasteiger partial charge in [-0.3, -0.25) is 0 Å². The highest BCUT2D eigenvalue weighted by atomic mass is 19.4. The van der Waals surface area contributed by atoms with Crippen LogP contribution >= 0.6 is 0 Å². The first-order valence-corrected chi connectivity index (χ1v) is 6.36. The molecule has 106 valence electrons. The van der Waals surface area contributed by atoms with E-state index in [4.69, 9.17) is 10.5 Å². The van der Waals surface area contributed by atoms with Crippen molar-refractivity contribution in [2.24, 2.45) is 5.92 Å². The van der Waals surface area contributed by atoms with Crippen LogP contribution in [0, 0.1) is 5.92 Å². The number of pyridine rings is 1. The number of alkyl halides is 3. The summed E-state index contributed by atoms with van der Waals surface area (Å²) in [6, 6.07) is 1.73. The fraction of sp³-hybridized carbons (Fsp3) is 0.615. The summed E-state index contributed by atoms with van der Waals surface area (Å²) in [5.74, 6) is 0.321. The molecule has 0 aromatic carbocycles. The molecule has 0 saturated heterocycles. The molecular formula is C13H17F3N2O. The second kappa shape index (κ2) is 5.27. The summed E-state index contributed by atoms with van der Waals surface area (Å²) in [6.45, 7) is 2.11. The van der Waals surface area contributed by atoms with E-state index in [0.29, 0.717) is 5.92 Å². The molecule has 2 atom stereocenters. The number of nitrogens with zero attached hydrogens (tertiary/aromatic N) is 1. The Morgan fingerprint density at radius 1 is 1.32 bits per heavy atom. The molecule has 19 heavy (non-hydrogen) atoms. The molecule has 6 heteroatoms. The standard InChI is InChI=1S/C13H17F3N2O/c1-8-3-2-4-10(5-8)19-12-7-9(13(14,15)16)6-11(17)18-12/h6-8,10H,2-5H2,1H3,(H2,17,18). The predicted octanol–water partition coefficient (Wildman–Crippen LogP) is 3.64. The SMILES string of the molecule is CC1CCCC(Oc2cc(C(F)(F)F)cc(N)n2)C1. The maximum atomic E-state index is 12.6. The fourth-order valence-corrected chi connectivity index (χ4v) is 2.41. The average molecular weight is 274 g/mol. The molecule has 2 unspecified atom stereocenters. The number of nitrogens with two attached hydrogens (primary N) is 1. The van der Waals surface area contributed by atoms with Crippen molar-refractivity contribution in [3.63, 3.8) is 0 Å². The summed E-state index contributed by atoms with van der Waals surface area (Å²) in [4.78, 5) is 3.82. The lowest BCUT2D eigenvalue weighted by molar-refractivity contribution is -0.137. The number of rotatable bonds is 2. The monoisotopic (exact) mass is 274 g/mol. The van der Waals surface area contributed by atoms with Crippen molar-refractivity contribution in [3.05, 3.63) is 17.7 Å². The molecule has 0 bridgehead atoms. The first kappa shape index (κ1) is 14.0. The highest BCUT2D eigenvalue weighted by molar-refractivity contribution is 5.38. The summed E-state index contributed by atoms with van der Waals surface area (Å²) in [6.07, 6.45) is -0.646. The van der Waals surface area contributed by atoms with Crippen LogP contribution in [0.4, 0.5) is 19.0 Å². The van der Waals surface area contributed by atoms with Crippen LogP contribution in [0.2, 0.25) is 0 Å². The highest BCUT2D eigenvalue weighted by Crippen LogP contribution is 2.33. The van der Waals surface area contributed by atoms with Crippen LogP contribution in [0.25, 0.3) is 0 Å². The molecule has 0 spiro atoms. The number of anilines is 1. The molecule has 1 heterocycles. The topological polar surface area (TPSA) is 48.1 Å². The van der Waals surface area contributed by atoms with Gasteiger partial charge in [0.1, 0.15) is 11.9 Å². The Kier molecular flexibility index (Phi) is 3.87. The first-order chi connectivity index (χ1) is 8.84. The zero-order valence-corrected chi connectivity index (χ0v) is 10.7. The lowest BCUT2D eigenvalue weighted by atomic mass is 9.89. The van der Waals surface area contributed by atoms with Gasteiger partial charge in [-0.25, -0.2) is 0 Å². The fourth-order valence-electron chi connectivity index (χ4n) is 2.41. The van der Waals surface area contributed by atoms with Gasteiger partial charge in [-0.05, 0) is 31.2 Å². The first-order valence-electron chi connectivity index (χ1n) is 6.36. The van der Waals surface area contributed by atoms with E-state index < -0.39 is 11.7 Å². The van der Waals surface area contributed by atoms with Gasteiger partial charge >= 0.3 is 6.18 Å². The molecule has 1 saturated carbocycles. The third-order valence-corrected chi connectivity index (χ3v) is 3.32. The van der Waals surface area contributed by atoms with Gasteiger partial charge in [0, 0.05) is 6.07 Å². The number of nitrogen functional groups attached to an aromatic ring is 1. The Labute approximate surface area is 110 Å². The quantitative estimate of drug-likeness (QED) is 0.895. The molecule has 1 aliphatic carbocycles. The lowest BCUT2D eigenvalue weighted by Gasteiger charge is -2.27. The van der Waals surface area contributed by atoms with Crippen LogP contribution in [0.5, 0.6) is 5.88 Å². The van der Waals surface area contributed by atoms with E-state index in [2.05, 4.69) is 11.9 Å². The molecule has 3 nitrogen and oxygen atoms in total. The Balaban J connectivity index is 2.14. The third kappa shape index (κ3) is 3.75. The smallest absolute Gasteiger partial charge is 0.416 e. The van der Waals surface area contributed by atoms with E-state index in [1.165, 1.54) is 0 Å². The molecule has 0 aliphatic heterocycles. The van der Waals surface area contributed by atoms with Crippen LogP contribution in [0.1, 0.15) is 38.2 Å². The molecular weight excluding hydrogens is 257 g/mol. The number of hydrogen-bond donors (Lipinski definition) is 1. The minimum atomic E-state index is -4.44. The molecule has 2 rings (SSSR count). The van der Waals surface area contributed by atoms with E-state index in [0.717, 1.165) is 37.8 Å². The van der Waals surface area contributed by atoms with Gasteiger partial charge in [0.25, 0.3) is 0 Å². The van der Waals surface area contributed by atoms with Gasteiger partial charge in [-0.2, -0.15) is 18.2 Å². The predicted molar refractivity (Wildman–Crippen MR) is 65.7 cm³/mol. The molecule has 1 aromatic rings. The van der Waals surface area contributed by atoms with Crippen molar-refractivity contribution in [3.8, 4) is 5.88 Å². The van der Waals surface area contributed by atoms with Gasteiger partial charge in [0.05, 0.1) is 5.56 Å². The van der Waals surface area contributed by atoms with E-state index in [1.807, 2.05) is 0 Å². The highest BCUT2D eigenvalue weighted by Gasteiger charge is 2.32. The summed E-state index contributed by atoms with van der Waals surface area (Å²) in [5.41, 5.74) is 4.58. The largest absolute Gasteiger partial charge is 0.474 e. The molecule has 2 N–H and O–H groups in total. The van der Waals surface area contributed by atoms with Crippen LogP contribution in [0.15, 0.2) is 12.1 Å². The molecule has 1 aliphatic rings. The Hall–Kier alpha value is -1.46. The van der Waals surface area contributed by atoms with Crippen LogP contribution < -0.4 is 10.5 Å². The summed E-state index contributed by atoms with van der Waals surface area (Å²) in [7, 11) is 0. The van der Waals surface area contributed by atoms with Crippen molar-refractivity contribution in [1.82, 2.24) is 4.98 Å². The third-order valence-electron chi connectivity index (χ3n) is 3.32. The van der Waals surface area contributed by atoms with Gasteiger partial charge in [-0.1, -0.05) is 13.3 Å². The lowest BCUT2D eigenvalue weighted by Crippen LogP contribution is -2.24. The minimum Gasteiger partial charge on any atom is -0.474 e. The van der Waals surface area contributed by atoms with Gasteiger partial charge in [-0.15, -0.1) is 0 Å². The van der Waals surface area contributed by atoms with Crippen molar-refractivity contribution < 1.29 is 17.9 Å².